The van der Waals surface area contributed by atoms with Gasteiger partial charge in [-0.1, -0.05) is 17.7 Å². The maximum Gasteiger partial charge on any atom is 0.282 e. The Balaban J connectivity index is 2.46. The fraction of sp³-hybridized carbons (Fsp3) is 0.0667. The van der Waals surface area contributed by atoms with Gasteiger partial charge in [0.25, 0.3) is 5.56 Å². The van der Waals surface area contributed by atoms with Crippen molar-refractivity contribution >= 4 is 22.4 Å². The largest absolute Gasteiger partial charge is 0.396 e. The molecular weight excluding hydrogens is 252 g/mol. The molecule has 0 fully saturated rings. The molecule has 0 unspecified atom stereocenters. The zero-order valence-electron chi connectivity index (χ0n) is 11.0. The number of fused-ring (bicyclic) bond motifs is 1. The predicted molar refractivity (Wildman–Crippen MR) is 80.9 cm³/mol. The van der Waals surface area contributed by atoms with Gasteiger partial charge < -0.3 is 11.5 Å². The van der Waals surface area contributed by atoms with Gasteiger partial charge in [-0.05, 0) is 31.2 Å². The van der Waals surface area contributed by atoms with Gasteiger partial charge in [0.15, 0.2) is 0 Å². The molecule has 20 heavy (non-hydrogen) atoms. The van der Waals surface area contributed by atoms with E-state index in [4.69, 9.17) is 11.5 Å². The van der Waals surface area contributed by atoms with Gasteiger partial charge in [0.2, 0.25) is 0 Å². The standard InChI is InChI=1S/C15H14N4O/c1-9-4-6-10(7-5-9)19-14-11(3-2-8-18-14)12(16)13(17)15(19)20/h2-8H,16-17H2,1H3. The fourth-order valence-corrected chi connectivity index (χ4v) is 2.20. The van der Waals surface area contributed by atoms with Gasteiger partial charge in [0, 0.05) is 11.6 Å². The lowest BCUT2D eigenvalue weighted by molar-refractivity contribution is 1.02. The molecule has 1 aromatic carbocycles. The predicted octanol–water partition coefficient (Wildman–Crippen LogP) is 1.86. The quantitative estimate of drug-likeness (QED) is 0.703. The molecule has 0 aliphatic heterocycles. The first-order valence-electron chi connectivity index (χ1n) is 6.21. The van der Waals surface area contributed by atoms with Gasteiger partial charge >= 0.3 is 0 Å². The molecule has 0 amide bonds. The van der Waals surface area contributed by atoms with Crippen molar-refractivity contribution in [3.05, 3.63) is 58.5 Å². The molecule has 3 rings (SSSR count). The number of nitrogen functional groups attached to an aromatic ring is 2. The number of nitrogens with two attached hydrogens (primary N) is 2. The lowest BCUT2D eigenvalue weighted by Gasteiger charge is -2.13. The van der Waals surface area contributed by atoms with Gasteiger partial charge in [-0.2, -0.15) is 0 Å². The van der Waals surface area contributed by atoms with Crippen LogP contribution in [0.3, 0.4) is 0 Å². The zero-order valence-corrected chi connectivity index (χ0v) is 11.0. The molecule has 0 aliphatic carbocycles. The molecule has 5 nitrogen and oxygen atoms in total. The summed E-state index contributed by atoms with van der Waals surface area (Å²) in [6, 6.07) is 11.2. The summed E-state index contributed by atoms with van der Waals surface area (Å²) in [5, 5.41) is 0.671. The Morgan fingerprint density at radius 2 is 1.75 bits per heavy atom. The Bertz CT molecular complexity index is 850. The van der Waals surface area contributed by atoms with E-state index >= 15 is 0 Å². The van der Waals surface area contributed by atoms with Crippen LogP contribution in [-0.2, 0) is 0 Å². The first kappa shape index (κ1) is 12.2. The highest BCUT2D eigenvalue weighted by Gasteiger charge is 2.14. The van der Waals surface area contributed by atoms with E-state index in [0.717, 1.165) is 11.3 Å². The van der Waals surface area contributed by atoms with Crippen LogP contribution in [0.5, 0.6) is 0 Å². The minimum atomic E-state index is -0.349. The topological polar surface area (TPSA) is 86.9 Å². The highest BCUT2D eigenvalue weighted by molar-refractivity contribution is 5.94. The summed E-state index contributed by atoms with van der Waals surface area (Å²) in [6.07, 6.45) is 1.63. The van der Waals surface area contributed by atoms with Crippen molar-refractivity contribution in [2.75, 3.05) is 11.5 Å². The van der Waals surface area contributed by atoms with Crippen molar-refractivity contribution in [3.63, 3.8) is 0 Å². The second-order valence-electron chi connectivity index (χ2n) is 4.68. The van der Waals surface area contributed by atoms with Crippen molar-refractivity contribution in [1.29, 1.82) is 0 Å². The summed E-state index contributed by atoms with van der Waals surface area (Å²) in [5.74, 6) is 0. The Labute approximate surface area is 115 Å². The smallest absolute Gasteiger partial charge is 0.282 e. The molecule has 0 saturated heterocycles. The van der Waals surface area contributed by atoms with Crippen molar-refractivity contribution in [1.82, 2.24) is 9.55 Å². The van der Waals surface area contributed by atoms with Crippen LogP contribution in [-0.4, -0.2) is 9.55 Å². The molecule has 2 aromatic heterocycles. The van der Waals surface area contributed by atoms with E-state index in [2.05, 4.69) is 4.98 Å². The summed E-state index contributed by atoms with van der Waals surface area (Å²) in [4.78, 5) is 16.7. The highest BCUT2D eigenvalue weighted by Crippen LogP contribution is 2.24. The first-order valence-corrected chi connectivity index (χ1v) is 6.21. The van der Waals surface area contributed by atoms with Gasteiger partial charge in [0.05, 0.1) is 11.4 Å². The molecule has 2 heterocycles. The van der Waals surface area contributed by atoms with Gasteiger partial charge in [-0.25, -0.2) is 4.98 Å². The summed E-state index contributed by atoms with van der Waals surface area (Å²) in [6.45, 7) is 1.99. The van der Waals surface area contributed by atoms with E-state index in [1.807, 2.05) is 31.2 Å². The number of rotatable bonds is 1. The van der Waals surface area contributed by atoms with E-state index in [1.165, 1.54) is 4.57 Å². The lowest BCUT2D eigenvalue weighted by atomic mass is 10.2. The number of hydrogen-bond donors (Lipinski definition) is 2. The van der Waals surface area contributed by atoms with Crippen molar-refractivity contribution < 1.29 is 0 Å². The van der Waals surface area contributed by atoms with Crippen molar-refractivity contribution in [3.8, 4) is 5.69 Å². The third-order valence-electron chi connectivity index (χ3n) is 3.30. The van der Waals surface area contributed by atoms with Crippen LogP contribution in [0.25, 0.3) is 16.7 Å². The number of anilines is 2. The van der Waals surface area contributed by atoms with Crippen LogP contribution in [0, 0.1) is 6.92 Å². The molecule has 3 aromatic rings. The SMILES string of the molecule is Cc1ccc(-n2c(=O)c(N)c(N)c3cccnc32)cc1. The normalized spacial score (nSPS) is 10.8. The van der Waals surface area contributed by atoms with Crippen LogP contribution in [0.2, 0.25) is 0 Å². The van der Waals surface area contributed by atoms with Crippen LogP contribution in [0.1, 0.15) is 5.56 Å². The second kappa shape index (κ2) is 4.38. The van der Waals surface area contributed by atoms with E-state index in [1.54, 1.807) is 18.3 Å². The fourth-order valence-electron chi connectivity index (χ4n) is 2.20. The monoisotopic (exact) mass is 266 g/mol. The minimum Gasteiger partial charge on any atom is -0.396 e. The molecule has 4 N–H and O–H groups in total. The number of hydrogen-bond acceptors (Lipinski definition) is 4. The van der Waals surface area contributed by atoms with Gasteiger partial charge in [-0.15, -0.1) is 0 Å². The van der Waals surface area contributed by atoms with Gasteiger partial charge in [0.1, 0.15) is 11.3 Å². The molecule has 100 valence electrons. The average Bonchev–Trinajstić information content (AvgIpc) is 2.47. The molecule has 0 saturated carbocycles. The Morgan fingerprint density at radius 1 is 1.05 bits per heavy atom. The molecule has 0 spiro atoms. The van der Waals surface area contributed by atoms with E-state index in [0.29, 0.717) is 11.0 Å². The molecule has 5 heteroatoms. The van der Waals surface area contributed by atoms with Crippen molar-refractivity contribution in [2.24, 2.45) is 0 Å². The van der Waals surface area contributed by atoms with Crippen LogP contribution >= 0.6 is 0 Å². The number of aryl methyl sites for hydroxylation is 1. The lowest BCUT2D eigenvalue weighted by Crippen LogP contribution is -2.24. The van der Waals surface area contributed by atoms with Crippen LogP contribution in [0.4, 0.5) is 11.4 Å². The maximum atomic E-state index is 12.4. The first-order chi connectivity index (χ1) is 9.59. The average molecular weight is 266 g/mol. The summed E-state index contributed by atoms with van der Waals surface area (Å²) >= 11 is 0. The minimum absolute atomic E-state index is 0.0473. The number of benzene rings is 1. The van der Waals surface area contributed by atoms with E-state index < -0.39 is 0 Å². The number of aromatic nitrogens is 2. The Hall–Kier alpha value is -2.82. The Kier molecular flexibility index (Phi) is 2.68. The van der Waals surface area contributed by atoms with Crippen LogP contribution in [0.15, 0.2) is 47.4 Å². The molecular formula is C15H14N4O. The summed E-state index contributed by atoms with van der Waals surface area (Å²) < 4.78 is 1.49. The number of nitrogens with zero attached hydrogens (tertiary/aromatic N) is 2. The molecule has 0 aliphatic rings. The third-order valence-corrected chi connectivity index (χ3v) is 3.30. The molecule has 0 bridgehead atoms. The maximum absolute atomic E-state index is 12.4. The molecule has 0 atom stereocenters. The molecule has 0 radical (unpaired) electrons. The van der Waals surface area contributed by atoms with Gasteiger partial charge in [-0.3, -0.25) is 9.36 Å². The summed E-state index contributed by atoms with van der Waals surface area (Å²) in [7, 11) is 0. The van der Waals surface area contributed by atoms with Crippen LogP contribution < -0.4 is 17.0 Å². The van der Waals surface area contributed by atoms with E-state index in [-0.39, 0.29) is 16.9 Å². The Morgan fingerprint density at radius 3 is 2.45 bits per heavy atom. The highest BCUT2D eigenvalue weighted by atomic mass is 16.1. The van der Waals surface area contributed by atoms with Crippen molar-refractivity contribution in [2.45, 2.75) is 6.92 Å². The van der Waals surface area contributed by atoms with E-state index in [9.17, 15) is 4.79 Å². The zero-order chi connectivity index (χ0) is 14.3. The summed E-state index contributed by atoms with van der Waals surface area (Å²) in [5.41, 5.74) is 14.1. The third kappa shape index (κ3) is 1.72. The second-order valence-corrected chi connectivity index (χ2v) is 4.68. The number of pyridine rings is 2.